The van der Waals surface area contributed by atoms with Crippen molar-refractivity contribution in [2.45, 2.75) is 6.61 Å². The van der Waals surface area contributed by atoms with E-state index in [-0.39, 0.29) is 0 Å². The second-order valence-electron chi connectivity index (χ2n) is 6.34. The normalized spacial score (nSPS) is 10.5. The first-order valence-electron chi connectivity index (χ1n) is 9.09. The summed E-state index contributed by atoms with van der Waals surface area (Å²) in [5.74, 6) is 1.28. The Kier molecular flexibility index (Phi) is 5.33. The van der Waals surface area contributed by atoms with Gasteiger partial charge in [-0.15, -0.1) is 0 Å². The zero-order valence-electron chi connectivity index (χ0n) is 15.9. The predicted octanol–water partition coefficient (Wildman–Crippen LogP) is 4.33. The zero-order chi connectivity index (χ0) is 20.1. The van der Waals surface area contributed by atoms with E-state index in [1.54, 1.807) is 30.1 Å². The Labute approximate surface area is 168 Å². The molecule has 4 rings (SSSR count). The highest BCUT2D eigenvalue weighted by atomic mass is 16.5. The maximum absolute atomic E-state index is 11.3. The molecule has 0 saturated carbocycles. The number of carbonyl (C=O) groups is 1. The first-order chi connectivity index (χ1) is 14.3. The molecule has 6 heteroatoms. The van der Waals surface area contributed by atoms with Gasteiger partial charge in [0.1, 0.15) is 18.1 Å². The molecular weight excluding hydrogens is 366 g/mol. The maximum atomic E-state index is 11.3. The van der Waals surface area contributed by atoms with E-state index in [0.717, 1.165) is 34.5 Å². The van der Waals surface area contributed by atoms with Crippen molar-refractivity contribution in [3.05, 3.63) is 90.3 Å². The Morgan fingerprint density at radius 3 is 2.45 bits per heavy atom. The number of benzene rings is 2. The third-order valence-corrected chi connectivity index (χ3v) is 4.42. The lowest BCUT2D eigenvalue weighted by atomic mass is 10.1. The van der Waals surface area contributed by atoms with Crippen LogP contribution in [0.2, 0.25) is 0 Å². The average Bonchev–Trinajstić information content (AvgIpc) is 3.23. The minimum atomic E-state index is 0.347. The van der Waals surface area contributed by atoms with Gasteiger partial charge >= 0.3 is 0 Å². The van der Waals surface area contributed by atoms with Crippen LogP contribution < -0.4 is 9.47 Å². The van der Waals surface area contributed by atoms with Gasteiger partial charge < -0.3 is 9.47 Å². The van der Waals surface area contributed by atoms with Gasteiger partial charge in [-0.2, -0.15) is 5.10 Å². The number of methoxy groups -OCH3 is 1. The van der Waals surface area contributed by atoms with Gasteiger partial charge in [0.15, 0.2) is 6.29 Å². The molecular formula is C23H19N3O3. The molecule has 0 radical (unpaired) electrons. The molecule has 0 spiro atoms. The summed E-state index contributed by atoms with van der Waals surface area (Å²) in [5.41, 5.74) is 3.89. The van der Waals surface area contributed by atoms with Crippen LogP contribution in [-0.4, -0.2) is 28.2 Å². The fraction of sp³-hybridized carbons (Fsp3) is 0.0870. The van der Waals surface area contributed by atoms with Crippen LogP contribution in [0, 0.1) is 0 Å². The molecule has 0 atom stereocenters. The Hall–Kier alpha value is -3.93. The van der Waals surface area contributed by atoms with Crippen LogP contribution in [0.4, 0.5) is 0 Å². The van der Waals surface area contributed by atoms with Crippen LogP contribution in [0.25, 0.3) is 16.9 Å². The predicted molar refractivity (Wildman–Crippen MR) is 110 cm³/mol. The summed E-state index contributed by atoms with van der Waals surface area (Å²) in [6.45, 7) is 0.505. The van der Waals surface area contributed by atoms with Gasteiger partial charge in [0, 0.05) is 11.6 Å². The van der Waals surface area contributed by atoms with Crippen molar-refractivity contribution >= 4 is 6.29 Å². The Bertz CT molecular complexity index is 1090. The number of carbonyl (C=O) groups excluding carboxylic acids is 1. The third-order valence-electron chi connectivity index (χ3n) is 4.42. The lowest BCUT2D eigenvalue weighted by Gasteiger charge is -2.10. The van der Waals surface area contributed by atoms with E-state index in [4.69, 9.17) is 9.47 Å². The molecule has 4 aromatic rings. The fourth-order valence-electron chi connectivity index (χ4n) is 2.94. The lowest BCUT2D eigenvalue weighted by molar-refractivity contribution is 0.111. The van der Waals surface area contributed by atoms with E-state index in [9.17, 15) is 4.79 Å². The van der Waals surface area contributed by atoms with Crippen molar-refractivity contribution in [1.82, 2.24) is 14.8 Å². The standard InChI is InChI=1S/C23H19N3O3/c1-28-23-12-9-20(14-24-23)26-22(13-19(15-27)25-26)18-7-10-21(11-8-18)29-16-17-5-3-2-4-6-17/h2-15H,16H2,1H3. The number of hydrogen-bond donors (Lipinski definition) is 0. The smallest absolute Gasteiger partial charge is 0.213 e. The summed E-state index contributed by atoms with van der Waals surface area (Å²) in [6, 6.07) is 23.0. The van der Waals surface area contributed by atoms with Gasteiger partial charge in [0.2, 0.25) is 5.88 Å². The molecule has 0 bridgehead atoms. The molecule has 0 fully saturated rings. The Morgan fingerprint density at radius 1 is 1.00 bits per heavy atom. The summed E-state index contributed by atoms with van der Waals surface area (Å²) >= 11 is 0. The average molecular weight is 385 g/mol. The van der Waals surface area contributed by atoms with Crippen LogP contribution in [0.15, 0.2) is 79.0 Å². The number of aldehydes is 1. The molecule has 2 aromatic carbocycles. The summed E-state index contributed by atoms with van der Waals surface area (Å²) in [5, 5.41) is 4.37. The van der Waals surface area contributed by atoms with Gasteiger partial charge in [-0.05, 0) is 42.0 Å². The van der Waals surface area contributed by atoms with Crippen molar-refractivity contribution in [2.75, 3.05) is 7.11 Å². The summed E-state index contributed by atoms with van der Waals surface area (Å²) in [4.78, 5) is 15.5. The van der Waals surface area contributed by atoms with E-state index in [0.29, 0.717) is 18.2 Å². The zero-order valence-corrected chi connectivity index (χ0v) is 15.9. The number of aromatic nitrogens is 3. The SMILES string of the molecule is COc1ccc(-n2nc(C=O)cc2-c2ccc(OCc3ccccc3)cc2)cn1. The highest BCUT2D eigenvalue weighted by Crippen LogP contribution is 2.26. The van der Waals surface area contributed by atoms with Gasteiger partial charge in [0.05, 0.1) is 24.7 Å². The molecule has 2 aromatic heterocycles. The van der Waals surface area contributed by atoms with Gasteiger partial charge in [-0.25, -0.2) is 9.67 Å². The van der Waals surface area contributed by atoms with Crippen LogP contribution in [0.1, 0.15) is 16.1 Å². The second-order valence-corrected chi connectivity index (χ2v) is 6.34. The first kappa shape index (κ1) is 18.4. The first-order valence-corrected chi connectivity index (χ1v) is 9.09. The molecule has 0 unspecified atom stereocenters. The number of ether oxygens (including phenoxy) is 2. The van der Waals surface area contributed by atoms with Crippen molar-refractivity contribution in [3.63, 3.8) is 0 Å². The topological polar surface area (TPSA) is 66.2 Å². The highest BCUT2D eigenvalue weighted by Gasteiger charge is 2.12. The van der Waals surface area contributed by atoms with Crippen LogP contribution in [0.5, 0.6) is 11.6 Å². The molecule has 2 heterocycles. The van der Waals surface area contributed by atoms with E-state index in [1.807, 2.05) is 60.7 Å². The van der Waals surface area contributed by atoms with Crippen LogP contribution >= 0.6 is 0 Å². The molecule has 0 aliphatic heterocycles. The largest absolute Gasteiger partial charge is 0.489 e. The maximum Gasteiger partial charge on any atom is 0.213 e. The Morgan fingerprint density at radius 2 is 1.79 bits per heavy atom. The van der Waals surface area contributed by atoms with E-state index in [2.05, 4.69) is 10.1 Å². The highest BCUT2D eigenvalue weighted by molar-refractivity contribution is 5.76. The molecule has 0 aliphatic carbocycles. The summed E-state index contributed by atoms with van der Waals surface area (Å²) in [7, 11) is 1.56. The molecule has 0 amide bonds. The van der Waals surface area contributed by atoms with Crippen LogP contribution in [0.3, 0.4) is 0 Å². The van der Waals surface area contributed by atoms with Crippen molar-refractivity contribution in [3.8, 4) is 28.6 Å². The quantitative estimate of drug-likeness (QED) is 0.443. The molecule has 29 heavy (non-hydrogen) atoms. The Balaban J connectivity index is 1.58. The van der Waals surface area contributed by atoms with Gasteiger partial charge in [0.25, 0.3) is 0 Å². The molecule has 0 aliphatic rings. The summed E-state index contributed by atoms with van der Waals surface area (Å²) in [6.07, 6.45) is 2.38. The van der Waals surface area contributed by atoms with Gasteiger partial charge in [-0.3, -0.25) is 4.79 Å². The monoisotopic (exact) mass is 385 g/mol. The molecule has 6 nitrogen and oxygen atoms in total. The lowest BCUT2D eigenvalue weighted by Crippen LogP contribution is -2.01. The number of nitrogens with zero attached hydrogens (tertiary/aromatic N) is 3. The number of rotatable bonds is 7. The molecule has 0 saturated heterocycles. The third kappa shape index (κ3) is 4.16. The van der Waals surface area contributed by atoms with Crippen LogP contribution in [-0.2, 0) is 6.61 Å². The minimum Gasteiger partial charge on any atom is -0.489 e. The van der Waals surface area contributed by atoms with Gasteiger partial charge in [-0.1, -0.05) is 30.3 Å². The number of pyridine rings is 1. The van der Waals surface area contributed by atoms with Crippen molar-refractivity contribution in [1.29, 1.82) is 0 Å². The van der Waals surface area contributed by atoms with Crippen molar-refractivity contribution in [2.24, 2.45) is 0 Å². The van der Waals surface area contributed by atoms with E-state index < -0.39 is 0 Å². The minimum absolute atomic E-state index is 0.347. The molecule has 0 N–H and O–H groups in total. The van der Waals surface area contributed by atoms with E-state index >= 15 is 0 Å². The molecule has 144 valence electrons. The van der Waals surface area contributed by atoms with E-state index in [1.165, 1.54) is 0 Å². The fourth-order valence-corrected chi connectivity index (χ4v) is 2.94. The summed E-state index contributed by atoms with van der Waals surface area (Å²) < 4.78 is 12.6. The second kappa shape index (κ2) is 8.39. The number of hydrogen-bond acceptors (Lipinski definition) is 5. The van der Waals surface area contributed by atoms with Crippen molar-refractivity contribution < 1.29 is 14.3 Å².